The van der Waals surface area contributed by atoms with E-state index >= 15 is 0 Å². The first-order valence-corrected chi connectivity index (χ1v) is 3.97. The number of hydrogen-bond donors (Lipinski definition) is 1. The zero-order valence-corrected chi connectivity index (χ0v) is 6.85. The average molecular weight is 152 g/mol. The van der Waals surface area contributed by atoms with Crippen molar-refractivity contribution in [3.05, 3.63) is 11.5 Å². The minimum absolute atomic E-state index is 0.638. The fourth-order valence-electron chi connectivity index (χ4n) is 1.32. The number of nitrogens with one attached hydrogen (secondary N) is 1. The molecule has 1 N–H and O–H groups in total. The van der Waals surface area contributed by atoms with E-state index in [1.807, 2.05) is 14.0 Å². The van der Waals surface area contributed by atoms with Crippen molar-refractivity contribution in [1.29, 1.82) is 0 Å². The van der Waals surface area contributed by atoms with Crippen molar-refractivity contribution >= 4 is 5.69 Å². The molecule has 0 atom stereocenters. The topological polar surface area (TPSA) is 38.1 Å². The van der Waals surface area contributed by atoms with Crippen molar-refractivity contribution in [1.82, 2.24) is 5.16 Å². The molecule has 0 aromatic carbocycles. The smallest absolute Gasteiger partial charge is 0.163 e. The summed E-state index contributed by atoms with van der Waals surface area (Å²) in [6.45, 7) is 1.96. The Morgan fingerprint density at radius 1 is 1.55 bits per heavy atom. The molecule has 0 radical (unpaired) electrons. The van der Waals surface area contributed by atoms with E-state index in [0.29, 0.717) is 5.92 Å². The maximum Gasteiger partial charge on any atom is 0.163 e. The van der Waals surface area contributed by atoms with Gasteiger partial charge in [0.15, 0.2) is 5.76 Å². The van der Waals surface area contributed by atoms with Crippen LogP contribution in [0.15, 0.2) is 4.52 Å². The Hall–Kier alpha value is -0.990. The van der Waals surface area contributed by atoms with Gasteiger partial charge in [0, 0.05) is 13.0 Å². The second-order valence-electron chi connectivity index (χ2n) is 3.03. The number of anilines is 1. The summed E-state index contributed by atoms with van der Waals surface area (Å²) in [5.74, 6) is 1.68. The molecule has 60 valence electrons. The van der Waals surface area contributed by atoms with E-state index in [4.69, 9.17) is 4.52 Å². The van der Waals surface area contributed by atoms with Gasteiger partial charge in [-0.05, 0) is 19.8 Å². The van der Waals surface area contributed by atoms with Crippen molar-refractivity contribution in [3.63, 3.8) is 0 Å². The molecule has 1 aliphatic rings. The van der Waals surface area contributed by atoms with E-state index in [-0.39, 0.29) is 0 Å². The van der Waals surface area contributed by atoms with Crippen LogP contribution in [0.5, 0.6) is 0 Å². The van der Waals surface area contributed by atoms with Crippen LogP contribution in [0.2, 0.25) is 0 Å². The Morgan fingerprint density at radius 2 is 2.27 bits per heavy atom. The third kappa shape index (κ3) is 1.00. The van der Waals surface area contributed by atoms with Crippen molar-refractivity contribution in [2.24, 2.45) is 0 Å². The van der Waals surface area contributed by atoms with Gasteiger partial charge in [0.05, 0.1) is 0 Å². The van der Waals surface area contributed by atoms with Crippen LogP contribution < -0.4 is 5.32 Å². The highest BCUT2D eigenvalue weighted by Crippen LogP contribution is 2.44. The van der Waals surface area contributed by atoms with Crippen LogP contribution in [-0.4, -0.2) is 12.2 Å². The van der Waals surface area contributed by atoms with Gasteiger partial charge in [-0.3, -0.25) is 0 Å². The Labute approximate surface area is 65.8 Å². The molecule has 3 heteroatoms. The molecule has 2 rings (SSSR count). The first-order valence-electron chi connectivity index (χ1n) is 3.97. The number of aromatic nitrogens is 1. The van der Waals surface area contributed by atoms with Gasteiger partial charge in [0.25, 0.3) is 0 Å². The number of hydrogen-bond acceptors (Lipinski definition) is 3. The molecule has 0 amide bonds. The highest BCUT2D eigenvalue weighted by molar-refractivity contribution is 5.52. The lowest BCUT2D eigenvalue weighted by Crippen LogP contribution is -1.91. The van der Waals surface area contributed by atoms with E-state index in [9.17, 15) is 0 Å². The number of rotatable bonds is 2. The van der Waals surface area contributed by atoms with Crippen molar-refractivity contribution < 1.29 is 4.52 Å². The third-order valence-electron chi connectivity index (χ3n) is 2.09. The van der Waals surface area contributed by atoms with Gasteiger partial charge < -0.3 is 9.84 Å². The summed E-state index contributed by atoms with van der Waals surface area (Å²) in [6, 6.07) is 0. The Balaban J connectivity index is 2.36. The van der Waals surface area contributed by atoms with Gasteiger partial charge in [0.1, 0.15) is 11.4 Å². The number of aryl methyl sites for hydroxylation is 1. The highest BCUT2D eigenvalue weighted by atomic mass is 16.5. The lowest BCUT2D eigenvalue weighted by atomic mass is 10.2. The van der Waals surface area contributed by atoms with E-state index < -0.39 is 0 Å². The second-order valence-corrected chi connectivity index (χ2v) is 3.03. The van der Waals surface area contributed by atoms with Crippen LogP contribution >= 0.6 is 0 Å². The van der Waals surface area contributed by atoms with Gasteiger partial charge in [-0.2, -0.15) is 0 Å². The Kier molecular flexibility index (Phi) is 1.37. The highest BCUT2D eigenvalue weighted by Gasteiger charge is 2.31. The van der Waals surface area contributed by atoms with E-state index in [2.05, 4.69) is 10.5 Å². The summed E-state index contributed by atoms with van der Waals surface area (Å²) in [4.78, 5) is 0. The molecule has 11 heavy (non-hydrogen) atoms. The van der Waals surface area contributed by atoms with Gasteiger partial charge in [0.2, 0.25) is 0 Å². The normalized spacial score (nSPS) is 16.9. The van der Waals surface area contributed by atoms with Gasteiger partial charge in [-0.25, -0.2) is 0 Å². The van der Waals surface area contributed by atoms with Gasteiger partial charge >= 0.3 is 0 Å². The van der Waals surface area contributed by atoms with Crippen LogP contribution in [0, 0.1) is 6.92 Å². The molecule has 0 aliphatic heterocycles. The molecule has 1 fully saturated rings. The summed E-state index contributed by atoms with van der Waals surface area (Å²) < 4.78 is 5.20. The van der Waals surface area contributed by atoms with Crippen molar-refractivity contribution in [2.75, 3.05) is 12.4 Å². The predicted molar refractivity (Wildman–Crippen MR) is 42.8 cm³/mol. The second kappa shape index (κ2) is 2.26. The molecular weight excluding hydrogens is 140 g/mol. The largest absolute Gasteiger partial charge is 0.384 e. The monoisotopic (exact) mass is 152 g/mol. The van der Waals surface area contributed by atoms with Crippen molar-refractivity contribution in [3.8, 4) is 0 Å². The lowest BCUT2D eigenvalue weighted by molar-refractivity contribution is 0.381. The van der Waals surface area contributed by atoms with Gasteiger partial charge in [-0.1, -0.05) is 5.16 Å². The molecule has 1 saturated carbocycles. The summed E-state index contributed by atoms with van der Waals surface area (Å²) >= 11 is 0. The first-order chi connectivity index (χ1) is 5.33. The summed E-state index contributed by atoms with van der Waals surface area (Å²) in [6.07, 6.45) is 2.51. The third-order valence-corrected chi connectivity index (χ3v) is 2.09. The zero-order valence-electron chi connectivity index (χ0n) is 6.85. The molecule has 0 unspecified atom stereocenters. The summed E-state index contributed by atoms with van der Waals surface area (Å²) in [5.41, 5.74) is 2.06. The molecule has 0 bridgehead atoms. The van der Waals surface area contributed by atoms with Crippen LogP contribution in [0.25, 0.3) is 0 Å². The molecule has 1 aromatic heterocycles. The molecule has 0 saturated heterocycles. The van der Waals surface area contributed by atoms with Crippen LogP contribution in [0.3, 0.4) is 0 Å². The fourth-order valence-corrected chi connectivity index (χ4v) is 1.32. The van der Waals surface area contributed by atoms with Crippen LogP contribution in [0.4, 0.5) is 5.69 Å². The molecule has 3 nitrogen and oxygen atoms in total. The minimum atomic E-state index is 0.638. The Bertz CT molecular complexity index is 263. The van der Waals surface area contributed by atoms with Crippen LogP contribution in [0.1, 0.15) is 30.2 Å². The molecular formula is C8H12N2O. The molecule has 1 heterocycles. The maximum atomic E-state index is 5.20. The number of nitrogens with zero attached hydrogens (tertiary/aromatic N) is 1. The zero-order chi connectivity index (χ0) is 7.84. The molecule has 0 spiro atoms. The van der Waals surface area contributed by atoms with Crippen LogP contribution in [-0.2, 0) is 0 Å². The quantitative estimate of drug-likeness (QED) is 0.703. The predicted octanol–water partition coefficient (Wildman–Crippen LogP) is 1.90. The standard InChI is InChI=1S/C8H12N2O/c1-5-7(9-2)8(11-10-5)6-3-4-6/h6,9H,3-4H2,1-2H3. The average Bonchev–Trinajstić information content (AvgIpc) is 2.76. The summed E-state index contributed by atoms with van der Waals surface area (Å²) in [5, 5.41) is 7.02. The van der Waals surface area contributed by atoms with E-state index in [0.717, 1.165) is 17.1 Å². The Morgan fingerprint density at radius 3 is 2.82 bits per heavy atom. The first kappa shape index (κ1) is 6.70. The maximum absolute atomic E-state index is 5.20. The van der Waals surface area contributed by atoms with Crippen molar-refractivity contribution in [2.45, 2.75) is 25.7 Å². The lowest BCUT2D eigenvalue weighted by Gasteiger charge is -1.97. The molecule has 1 aliphatic carbocycles. The SMILES string of the molecule is CNc1c(C)noc1C1CC1. The molecule has 1 aromatic rings. The minimum Gasteiger partial charge on any atom is -0.384 e. The fraction of sp³-hybridized carbons (Fsp3) is 0.625. The summed E-state index contributed by atoms with van der Waals surface area (Å²) in [7, 11) is 1.91. The van der Waals surface area contributed by atoms with Gasteiger partial charge in [-0.15, -0.1) is 0 Å². The van der Waals surface area contributed by atoms with E-state index in [1.54, 1.807) is 0 Å². The van der Waals surface area contributed by atoms with E-state index in [1.165, 1.54) is 12.8 Å².